The van der Waals surface area contributed by atoms with Crippen LogP contribution in [0.15, 0.2) is 0 Å². The molecule has 0 radical (unpaired) electrons. The third-order valence-corrected chi connectivity index (χ3v) is 0. The van der Waals surface area contributed by atoms with Gasteiger partial charge in [0.1, 0.15) is 0 Å². The molecule has 2 nitrogen and oxygen atoms in total. The zero-order valence-corrected chi connectivity index (χ0v) is 4.67. The van der Waals surface area contributed by atoms with Gasteiger partial charge in [0.25, 0.3) is 0 Å². The van der Waals surface area contributed by atoms with E-state index >= 15 is 0 Å². The van der Waals surface area contributed by atoms with Crippen LogP contribution in [0.25, 0.3) is 0 Å². The van der Waals surface area contributed by atoms with Gasteiger partial charge in [-0.15, -0.1) is 37.2 Å². The third-order valence-electron chi connectivity index (χ3n) is 0. The van der Waals surface area contributed by atoms with Crippen LogP contribution < -0.4 is 0 Å². The summed E-state index contributed by atoms with van der Waals surface area (Å²) in [4.78, 5) is 0. The Hall–Kier alpha value is 3.31. The number of hydrogen-bond acceptors (Lipinski definition) is 0. The van der Waals surface area contributed by atoms with Crippen LogP contribution in [-0.2, 0) is 0 Å². The number of rotatable bonds is 0. The Morgan fingerprint density at radius 2 is 0.429 bits per heavy atom. The third kappa shape index (κ3) is 45.4. The van der Waals surface area contributed by atoms with Gasteiger partial charge in [0.05, 0.1) is 0 Å². The van der Waals surface area contributed by atoms with E-state index in [1.807, 2.05) is 0 Å². The quantitative estimate of drug-likeness (QED) is 0.423. The molecule has 0 saturated carbocycles. The van der Waals surface area contributed by atoms with Gasteiger partial charge >= 0.3 is 75.5 Å². The molecule has 0 saturated heterocycles. The van der Waals surface area contributed by atoms with Crippen LogP contribution in [-0.4, -0.2) is 86.4 Å². The SMILES string of the molecule is Cl.Cl.Cl.O.O.[CaH2].[CaH2]. The molecule has 0 aromatic rings. The molecule has 0 aromatic carbocycles. The first kappa shape index (κ1) is 81.6. The first-order chi connectivity index (χ1) is 0. The summed E-state index contributed by atoms with van der Waals surface area (Å²) < 4.78 is 0. The molecular weight excluding hydrogens is 219 g/mol. The van der Waals surface area contributed by atoms with Crippen molar-refractivity contribution >= 4 is 113 Å². The predicted octanol–water partition coefficient (Wildman–Crippen LogP) is -2.22. The first-order valence-electron chi connectivity index (χ1n) is 0. The molecule has 48 valence electrons. The standard InChI is InChI=1S/2Ca.3ClH.2H2O.4H/h;;3*1H;2*1H2;;;;. The van der Waals surface area contributed by atoms with Crippen molar-refractivity contribution in [1.82, 2.24) is 0 Å². The Morgan fingerprint density at radius 1 is 0.429 bits per heavy atom. The van der Waals surface area contributed by atoms with Gasteiger partial charge in [0.15, 0.2) is 0 Å². The van der Waals surface area contributed by atoms with Gasteiger partial charge in [-0.2, -0.15) is 0 Å². The Balaban J connectivity index is 0. The average molecular weight is 230 g/mol. The van der Waals surface area contributed by atoms with Crippen molar-refractivity contribution in [3.8, 4) is 0 Å². The van der Waals surface area contributed by atoms with Crippen LogP contribution in [0.4, 0.5) is 0 Å². The van der Waals surface area contributed by atoms with Gasteiger partial charge in [-0.3, -0.25) is 0 Å². The van der Waals surface area contributed by atoms with Crippen LogP contribution in [0.1, 0.15) is 0 Å². The van der Waals surface area contributed by atoms with E-state index in [1.165, 1.54) is 0 Å². The van der Waals surface area contributed by atoms with E-state index in [-0.39, 0.29) is 124 Å². The van der Waals surface area contributed by atoms with Gasteiger partial charge in [-0.05, 0) is 0 Å². The van der Waals surface area contributed by atoms with E-state index in [2.05, 4.69) is 0 Å². The molecule has 0 atom stereocenters. The fraction of sp³-hybridized carbons (Fsp3) is 0. The van der Waals surface area contributed by atoms with E-state index in [0.717, 1.165) is 0 Å². The minimum atomic E-state index is 0. The van der Waals surface area contributed by atoms with Crippen LogP contribution in [0, 0.1) is 0 Å². The second-order valence-electron chi connectivity index (χ2n) is 0. The zero-order valence-electron chi connectivity index (χ0n) is 2.22. The molecule has 0 aromatic heterocycles. The molecule has 7 heavy (non-hydrogen) atoms. The monoisotopic (exact) mass is 228 g/mol. The van der Waals surface area contributed by atoms with Gasteiger partial charge < -0.3 is 11.0 Å². The fourth-order valence-corrected chi connectivity index (χ4v) is 0. The first-order valence-corrected chi connectivity index (χ1v) is 0. The van der Waals surface area contributed by atoms with Crippen molar-refractivity contribution in [2.75, 3.05) is 0 Å². The number of halogens is 3. The molecule has 0 aliphatic carbocycles. The summed E-state index contributed by atoms with van der Waals surface area (Å²) in [6, 6.07) is 0. The molecule has 7 heteroatoms. The molecule has 0 rings (SSSR count). The summed E-state index contributed by atoms with van der Waals surface area (Å²) in [5.74, 6) is 0. The minimum absolute atomic E-state index is 0. The fourth-order valence-electron chi connectivity index (χ4n) is 0. The summed E-state index contributed by atoms with van der Waals surface area (Å²) >= 11 is 0. The number of hydrogen-bond donors (Lipinski definition) is 0. The van der Waals surface area contributed by atoms with Gasteiger partial charge in [0.2, 0.25) is 0 Å². The Labute approximate surface area is 121 Å². The topological polar surface area (TPSA) is 63.0 Å². The maximum absolute atomic E-state index is 0. The average Bonchev–Trinajstić information content (AvgIpc) is 0. The normalized spacial score (nSPS) is 0. The van der Waals surface area contributed by atoms with Crippen molar-refractivity contribution < 1.29 is 11.0 Å². The van der Waals surface area contributed by atoms with Crippen LogP contribution in [0.3, 0.4) is 0 Å². The van der Waals surface area contributed by atoms with E-state index in [4.69, 9.17) is 0 Å². The van der Waals surface area contributed by atoms with Crippen molar-refractivity contribution in [3.05, 3.63) is 0 Å². The van der Waals surface area contributed by atoms with Crippen LogP contribution in [0.2, 0.25) is 0 Å². The van der Waals surface area contributed by atoms with Crippen LogP contribution >= 0.6 is 37.2 Å². The van der Waals surface area contributed by atoms with E-state index in [9.17, 15) is 0 Å². The molecule has 0 bridgehead atoms. The Bertz CT molecular complexity index is 10.9. The second-order valence-corrected chi connectivity index (χ2v) is 0. The predicted molar refractivity (Wildman–Crippen MR) is 46.1 cm³/mol. The van der Waals surface area contributed by atoms with Crippen molar-refractivity contribution in [3.63, 3.8) is 0 Å². The molecule has 0 aliphatic heterocycles. The summed E-state index contributed by atoms with van der Waals surface area (Å²) in [5, 5.41) is 0. The summed E-state index contributed by atoms with van der Waals surface area (Å²) in [6.07, 6.45) is 0. The van der Waals surface area contributed by atoms with Crippen molar-refractivity contribution in [2.45, 2.75) is 0 Å². The van der Waals surface area contributed by atoms with Crippen molar-refractivity contribution in [1.29, 1.82) is 0 Å². The summed E-state index contributed by atoms with van der Waals surface area (Å²) in [5.41, 5.74) is 0. The van der Waals surface area contributed by atoms with E-state index in [1.54, 1.807) is 0 Å². The van der Waals surface area contributed by atoms with E-state index in [0.29, 0.717) is 0 Å². The Kier molecular flexibility index (Phi) is 684. The molecule has 0 fully saturated rings. The van der Waals surface area contributed by atoms with Crippen LogP contribution in [0.5, 0.6) is 0 Å². The zero-order chi connectivity index (χ0) is 0. The van der Waals surface area contributed by atoms with Gasteiger partial charge in [-0.1, -0.05) is 0 Å². The molecule has 0 amide bonds. The molecule has 0 unspecified atom stereocenters. The van der Waals surface area contributed by atoms with E-state index < -0.39 is 0 Å². The molecular formula is H11Ca2Cl3O2. The second kappa shape index (κ2) is 58.7. The molecule has 0 aliphatic rings. The van der Waals surface area contributed by atoms with Gasteiger partial charge in [-0.25, -0.2) is 0 Å². The van der Waals surface area contributed by atoms with Crippen molar-refractivity contribution in [2.24, 2.45) is 0 Å². The molecule has 0 heterocycles. The molecule has 0 spiro atoms. The summed E-state index contributed by atoms with van der Waals surface area (Å²) in [7, 11) is 0. The maximum atomic E-state index is 0. The summed E-state index contributed by atoms with van der Waals surface area (Å²) in [6.45, 7) is 0. The molecule has 4 N–H and O–H groups in total. The van der Waals surface area contributed by atoms with Gasteiger partial charge in [0, 0.05) is 0 Å². The Morgan fingerprint density at radius 3 is 0.429 bits per heavy atom.